The summed E-state index contributed by atoms with van der Waals surface area (Å²) < 4.78 is 3.60. The Labute approximate surface area is 199 Å². The van der Waals surface area contributed by atoms with E-state index in [1.165, 1.54) is 33.4 Å². The number of hydrogen-bond donors (Lipinski definition) is 4. The van der Waals surface area contributed by atoms with Gasteiger partial charge in [-0.05, 0) is 44.2 Å². The standard InChI is InChI=1S/C26H30.H4O5P2/c1-25(2,3)20-16-17-23(24(18-20)26(4,5)6)22-15-11-10-14-21(22)19-12-8-7-9-13-19;1-6(2)5-7(3)4/h7-18H,1-6H3;1-4H. The summed E-state index contributed by atoms with van der Waals surface area (Å²) in [5.41, 5.74) is 8.24. The first-order valence-corrected chi connectivity index (χ1v) is 13.0. The topological polar surface area (TPSA) is 90.2 Å². The van der Waals surface area contributed by atoms with Crippen LogP contribution >= 0.6 is 17.2 Å². The number of hydrogen-bond acceptors (Lipinski definition) is 5. The van der Waals surface area contributed by atoms with Crippen LogP contribution in [0.4, 0.5) is 0 Å². The second kappa shape index (κ2) is 11.6. The van der Waals surface area contributed by atoms with Gasteiger partial charge in [0.2, 0.25) is 0 Å². The van der Waals surface area contributed by atoms with Gasteiger partial charge >= 0.3 is 17.2 Å². The van der Waals surface area contributed by atoms with Crippen LogP contribution in [-0.4, -0.2) is 19.6 Å². The van der Waals surface area contributed by atoms with E-state index in [-0.39, 0.29) is 10.8 Å². The predicted octanol–water partition coefficient (Wildman–Crippen LogP) is 7.04. The summed E-state index contributed by atoms with van der Waals surface area (Å²) in [6.45, 7) is 13.8. The van der Waals surface area contributed by atoms with Crippen LogP contribution in [0.1, 0.15) is 52.7 Å². The first-order chi connectivity index (χ1) is 15.3. The molecule has 5 nitrogen and oxygen atoms in total. The molecule has 3 rings (SSSR count). The Morgan fingerprint density at radius 2 is 1.09 bits per heavy atom. The summed E-state index contributed by atoms with van der Waals surface area (Å²) in [4.78, 5) is 31.3. The molecule has 0 fully saturated rings. The maximum absolute atomic E-state index is 7.82. The van der Waals surface area contributed by atoms with Gasteiger partial charge in [-0.3, -0.25) is 0 Å². The van der Waals surface area contributed by atoms with Crippen molar-refractivity contribution < 1.29 is 23.9 Å². The van der Waals surface area contributed by atoms with Gasteiger partial charge in [-0.1, -0.05) is 114 Å². The SMILES string of the molecule is CC(C)(C)c1ccc(-c2ccccc2-c2ccccc2)c(C(C)(C)C)c1.OP(O)OP(O)O. The largest absolute Gasteiger partial charge is 0.334 e. The van der Waals surface area contributed by atoms with Crippen LogP contribution in [0.5, 0.6) is 0 Å². The van der Waals surface area contributed by atoms with Gasteiger partial charge in [0.1, 0.15) is 0 Å². The van der Waals surface area contributed by atoms with E-state index in [9.17, 15) is 0 Å². The van der Waals surface area contributed by atoms with Gasteiger partial charge in [0.25, 0.3) is 0 Å². The summed E-state index contributed by atoms with van der Waals surface area (Å²) in [6.07, 6.45) is 0. The summed E-state index contributed by atoms with van der Waals surface area (Å²) in [5.74, 6) is 0. The Balaban J connectivity index is 0.000000479. The van der Waals surface area contributed by atoms with Crippen molar-refractivity contribution in [2.45, 2.75) is 52.4 Å². The van der Waals surface area contributed by atoms with Gasteiger partial charge in [-0.2, -0.15) is 0 Å². The molecule has 0 aliphatic rings. The lowest BCUT2D eigenvalue weighted by molar-refractivity contribution is 0.324. The van der Waals surface area contributed by atoms with E-state index in [1.54, 1.807) is 0 Å². The molecule has 178 valence electrons. The van der Waals surface area contributed by atoms with Gasteiger partial charge in [-0.25, -0.2) is 4.31 Å². The minimum absolute atomic E-state index is 0.0837. The monoisotopic (exact) mass is 488 g/mol. The fourth-order valence-corrected chi connectivity index (χ4v) is 4.04. The molecule has 0 heterocycles. The molecule has 0 aliphatic carbocycles. The average Bonchev–Trinajstić information content (AvgIpc) is 2.72. The molecule has 4 N–H and O–H groups in total. The van der Waals surface area contributed by atoms with Gasteiger partial charge < -0.3 is 19.6 Å². The molecule has 0 atom stereocenters. The Morgan fingerprint density at radius 3 is 1.55 bits per heavy atom. The molecule has 0 radical (unpaired) electrons. The molecule has 0 spiro atoms. The second-order valence-electron chi connectivity index (χ2n) is 9.76. The van der Waals surface area contributed by atoms with Crippen LogP contribution in [0.15, 0.2) is 72.8 Å². The molecule has 3 aromatic carbocycles. The van der Waals surface area contributed by atoms with Crippen LogP contribution in [0.3, 0.4) is 0 Å². The van der Waals surface area contributed by atoms with E-state index in [1.807, 2.05) is 0 Å². The van der Waals surface area contributed by atoms with Crippen molar-refractivity contribution >= 4 is 17.2 Å². The van der Waals surface area contributed by atoms with Crippen LogP contribution in [0, 0.1) is 0 Å². The van der Waals surface area contributed by atoms with Crippen molar-refractivity contribution in [1.29, 1.82) is 0 Å². The first-order valence-electron chi connectivity index (χ1n) is 10.6. The Morgan fingerprint density at radius 1 is 0.576 bits per heavy atom. The number of benzene rings is 3. The van der Waals surface area contributed by atoms with E-state index in [4.69, 9.17) is 19.6 Å². The lowest BCUT2D eigenvalue weighted by Crippen LogP contribution is -2.17. The van der Waals surface area contributed by atoms with Crippen molar-refractivity contribution in [3.05, 3.63) is 83.9 Å². The Hall–Kier alpha value is -1.68. The highest BCUT2D eigenvalue weighted by Crippen LogP contribution is 2.42. The zero-order chi connectivity index (χ0) is 24.8. The third-order valence-corrected chi connectivity index (χ3v) is 6.31. The molecule has 0 bridgehead atoms. The van der Waals surface area contributed by atoms with E-state index in [0.29, 0.717) is 0 Å². The Kier molecular flexibility index (Phi) is 9.72. The average molecular weight is 489 g/mol. The highest BCUT2D eigenvalue weighted by molar-refractivity contribution is 7.53. The molecule has 7 heteroatoms. The third-order valence-electron chi connectivity index (χ3n) is 5.14. The predicted molar refractivity (Wildman–Crippen MR) is 139 cm³/mol. The molecule has 33 heavy (non-hydrogen) atoms. The van der Waals surface area contributed by atoms with Gasteiger partial charge in [0, 0.05) is 0 Å². The molecule has 0 saturated heterocycles. The van der Waals surface area contributed by atoms with Crippen LogP contribution < -0.4 is 0 Å². The van der Waals surface area contributed by atoms with E-state index in [0.717, 1.165) is 0 Å². The molecular formula is C26H34O5P2. The zero-order valence-corrected chi connectivity index (χ0v) is 21.8. The van der Waals surface area contributed by atoms with Gasteiger partial charge in [-0.15, -0.1) is 0 Å². The number of rotatable bonds is 4. The highest BCUT2D eigenvalue weighted by atomic mass is 31.2. The fourth-order valence-electron chi connectivity index (χ4n) is 3.52. The lowest BCUT2D eigenvalue weighted by atomic mass is 9.76. The normalized spacial score (nSPS) is 12.0. The molecule has 0 aliphatic heterocycles. The van der Waals surface area contributed by atoms with Crippen molar-refractivity contribution in [2.75, 3.05) is 0 Å². The van der Waals surface area contributed by atoms with Gasteiger partial charge in [0.05, 0.1) is 0 Å². The summed E-state index contributed by atoms with van der Waals surface area (Å²) in [5, 5.41) is 0. The second-order valence-corrected chi connectivity index (χ2v) is 11.4. The lowest BCUT2D eigenvalue weighted by Gasteiger charge is -2.28. The van der Waals surface area contributed by atoms with E-state index < -0.39 is 17.2 Å². The summed E-state index contributed by atoms with van der Waals surface area (Å²) in [7, 11) is -5.22. The third kappa shape index (κ3) is 8.24. The smallest absolute Gasteiger partial charge is 0.328 e. The van der Waals surface area contributed by atoms with Crippen LogP contribution in [0.2, 0.25) is 0 Å². The maximum Gasteiger partial charge on any atom is 0.334 e. The summed E-state index contributed by atoms with van der Waals surface area (Å²) >= 11 is 0. The van der Waals surface area contributed by atoms with Crippen molar-refractivity contribution in [3.8, 4) is 22.3 Å². The first kappa shape index (κ1) is 27.6. The van der Waals surface area contributed by atoms with E-state index >= 15 is 0 Å². The minimum atomic E-state index is -2.61. The molecule has 0 unspecified atom stereocenters. The minimum Gasteiger partial charge on any atom is -0.328 e. The van der Waals surface area contributed by atoms with Crippen LogP contribution in [-0.2, 0) is 15.1 Å². The molecular weight excluding hydrogens is 454 g/mol. The highest BCUT2D eigenvalue weighted by Gasteiger charge is 2.23. The molecule has 0 saturated carbocycles. The summed E-state index contributed by atoms with van der Waals surface area (Å²) in [6, 6.07) is 26.5. The van der Waals surface area contributed by atoms with Gasteiger partial charge in [0.15, 0.2) is 0 Å². The maximum atomic E-state index is 7.82. The van der Waals surface area contributed by atoms with Crippen LogP contribution in [0.25, 0.3) is 22.3 Å². The van der Waals surface area contributed by atoms with Crippen molar-refractivity contribution in [1.82, 2.24) is 0 Å². The van der Waals surface area contributed by atoms with Crippen molar-refractivity contribution in [3.63, 3.8) is 0 Å². The van der Waals surface area contributed by atoms with E-state index in [2.05, 4.69) is 119 Å². The van der Waals surface area contributed by atoms with Crippen molar-refractivity contribution in [2.24, 2.45) is 0 Å². The molecule has 0 amide bonds. The zero-order valence-electron chi connectivity index (χ0n) is 20.0. The fraction of sp³-hybridized carbons (Fsp3) is 0.308. The Bertz CT molecular complexity index is 1020. The quantitative estimate of drug-likeness (QED) is 0.296. The molecule has 0 aromatic heterocycles. The molecule has 3 aromatic rings.